The highest BCUT2D eigenvalue weighted by Crippen LogP contribution is 2.12. The molecule has 84 valence electrons. The number of nitrogens with zero attached hydrogens (tertiary/aromatic N) is 2. The molecule has 0 aliphatic carbocycles. The third-order valence-electron chi connectivity index (χ3n) is 2.05. The molecule has 0 fully saturated rings. The summed E-state index contributed by atoms with van der Waals surface area (Å²) in [5.41, 5.74) is 8.16. The van der Waals surface area contributed by atoms with Gasteiger partial charge in [-0.1, -0.05) is 19.9 Å². The van der Waals surface area contributed by atoms with Crippen LogP contribution in [0.3, 0.4) is 0 Å². The maximum absolute atomic E-state index is 11.1. The van der Waals surface area contributed by atoms with Crippen molar-refractivity contribution in [3.05, 3.63) is 18.2 Å². The minimum absolute atomic E-state index is 0.0408. The monoisotopic (exact) mass is 210 g/mol. The molecule has 15 heavy (non-hydrogen) atoms. The van der Waals surface area contributed by atoms with Crippen molar-refractivity contribution in [2.45, 2.75) is 32.8 Å². The zero-order chi connectivity index (χ0) is 11.7. The molecule has 0 N–H and O–H groups in total. The van der Waals surface area contributed by atoms with E-state index < -0.39 is 0 Å². The summed E-state index contributed by atoms with van der Waals surface area (Å²) in [5.74, 6) is 0.161. The predicted molar refractivity (Wildman–Crippen MR) is 58.7 cm³/mol. The summed E-state index contributed by atoms with van der Waals surface area (Å²) in [6.45, 7) is 8.14. The Balaban J connectivity index is 4.00. The fourth-order valence-electron chi connectivity index (χ4n) is 1.21. The smallest absolute Gasteiger partial charge is 0.323 e. The molecule has 4 heteroatoms. The molecule has 0 rings (SSSR count). The van der Waals surface area contributed by atoms with E-state index in [1.165, 1.54) is 0 Å². The summed E-state index contributed by atoms with van der Waals surface area (Å²) < 4.78 is 5.50. The third kappa shape index (κ3) is 6.77. The fraction of sp³-hybridized carbons (Fsp3) is 0.636. The van der Waals surface area contributed by atoms with Crippen LogP contribution in [0, 0.1) is 5.92 Å². The molecule has 1 unspecified atom stereocenters. The van der Waals surface area contributed by atoms with Crippen molar-refractivity contribution in [1.82, 2.24) is 0 Å². The summed E-state index contributed by atoms with van der Waals surface area (Å²) in [5, 5.41) is 0. The first-order valence-electron chi connectivity index (χ1n) is 5.04. The van der Waals surface area contributed by atoms with E-state index in [9.17, 15) is 4.79 Å². The van der Waals surface area contributed by atoms with Crippen molar-refractivity contribution >= 4 is 12.0 Å². The van der Waals surface area contributed by atoms with Crippen LogP contribution in [0.5, 0.6) is 0 Å². The standard InChI is InChI=1S/C11H18N2O2/c1-4-7-15-11(9(2)3)6-5-10(14)8-13-12/h4,8-9,11H,1,5-7H2,2-3H3. The summed E-state index contributed by atoms with van der Waals surface area (Å²) in [6, 6.07) is 0. The van der Waals surface area contributed by atoms with Crippen molar-refractivity contribution < 1.29 is 14.3 Å². The molecule has 0 amide bonds. The van der Waals surface area contributed by atoms with Crippen LogP contribution in [0.4, 0.5) is 0 Å². The lowest BCUT2D eigenvalue weighted by atomic mass is 10.0. The Kier molecular flexibility index (Phi) is 7.42. The molecule has 0 bridgehead atoms. The van der Waals surface area contributed by atoms with Gasteiger partial charge in [-0.2, -0.15) is 4.79 Å². The van der Waals surface area contributed by atoms with Crippen molar-refractivity contribution in [3.63, 3.8) is 0 Å². The van der Waals surface area contributed by atoms with Gasteiger partial charge in [0.15, 0.2) is 0 Å². The molecule has 0 heterocycles. The molecule has 0 aliphatic rings. The quantitative estimate of drug-likeness (QED) is 0.266. The first-order valence-corrected chi connectivity index (χ1v) is 5.04. The lowest BCUT2D eigenvalue weighted by Crippen LogP contribution is -2.21. The van der Waals surface area contributed by atoms with E-state index >= 15 is 0 Å². The average Bonchev–Trinajstić information content (AvgIpc) is 2.17. The van der Waals surface area contributed by atoms with Gasteiger partial charge in [-0.3, -0.25) is 4.79 Å². The van der Waals surface area contributed by atoms with Crippen LogP contribution in [0.1, 0.15) is 26.7 Å². The zero-order valence-electron chi connectivity index (χ0n) is 9.35. The highest BCUT2D eigenvalue weighted by molar-refractivity contribution is 6.25. The van der Waals surface area contributed by atoms with Crippen molar-refractivity contribution in [2.24, 2.45) is 5.92 Å². The normalized spacial score (nSPS) is 11.9. The van der Waals surface area contributed by atoms with E-state index in [4.69, 9.17) is 10.3 Å². The van der Waals surface area contributed by atoms with E-state index in [1.54, 1.807) is 6.08 Å². The number of carbonyl (C=O) groups is 1. The highest BCUT2D eigenvalue weighted by Gasteiger charge is 2.15. The third-order valence-corrected chi connectivity index (χ3v) is 2.05. The van der Waals surface area contributed by atoms with Crippen molar-refractivity contribution in [2.75, 3.05) is 6.61 Å². The maximum Gasteiger partial charge on any atom is 0.323 e. The number of carbonyl (C=O) groups excluding carboxylic acids is 1. The molecule has 0 aromatic heterocycles. The molecule has 0 aliphatic heterocycles. The molecule has 0 spiro atoms. The molecule has 0 aromatic rings. The van der Waals surface area contributed by atoms with E-state index in [1.807, 2.05) is 13.8 Å². The van der Waals surface area contributed by atoms with Crippen LogP contribution in [0.15, 0.2) is 12.7 Å². The predicted octanol–water partition coefficient (Wildman–Crippen LogP) is 1.86. The molecular formula is C11H18N2O2. The Bertz CT molecular complexity index is 255. The van der Waals surface area contributed by atoms with Gasteiger partial charge in [0.05, 0.1) is 12.7 Å². The number of rotatable bonds is 8. The molecule has 1 atom stereocenters. The van der Waals surface area contributed by atoms with E-state index in [-0.39, 0.29) is 11.9 Å². The van der Waals surface area contributed by atoms with E-state index in [0.29, 0.717) is 25.4 Å². The summed E-state index contributed by atoms with van der Waals surface area (Å²) >= 11 is 0. The number of hydrogen-bond donors (Lipinski definition) is 0. The first kappa shape index (κ1) is 13.8. The number of ketones is 1. The fourth-order valence-corrected chi connectivity index (χ4v) is 1.21. The van der Waals surface area contributed by atoms with Gasteiger partial charge in [0, 0.05) is 6.42 Å². The minimum atomic E-state index is -0.189. The van der Waals surface area contributed by atoms with Crippen LogP contribution in [-0.4, -0.2) is 29.5 Å². The topological polar surface area (TPSA) is 62.7 Å². The Labute approximate surface area is 90.6 Å². The minimum Gasteiger partial charge on any atom is -0.374 e. The molecular weight excluding hydrogens is 192 g/mol. The van der Waals surface area contributed by atoms with E-state index in [0.717, 1.165) is 6.21 Å². The summed E-state index contributed by atoms with van der Waals surface area (Å²) in [7, 11) is 0. The second-order valence-corrected chi connectivity index (χ2v) is 3.65. The van der Waals surface area contributed by atoms with Gasteiger partial charge in [0.25, 0.3) is 0 Å². The van der Waals surface area contributed by atoms with Crippen molar-refractivity contribution in [1.29, 1.82) is 0 Å². The molecule has 0 radical (unpaired) electrons. The largest absolute Gasteiger partial charge is 0.374 e. The lowest BCUT2D eigenvalue weighted by molar-refractivity contribution is -0.116. The second-order valence-electron chi connectivity index (χ2n) is 3.65. The van der Waals surface area contributed by atoms with Crippen LogP contribution < -0.4 is 0 Å². The van der Waals surface area contributed by atoms with Gasteiger partial charge in [-0.15, -0.1) is 6.58 Å². The van der Waals surface area contributed by atoms with Crippen molar-refractivity contribution in [3.8, 4) is 0 Å². The van der Waals surface area contributed by atoms with Gasteiger partial charge in [0.2, 0.25) is 5.78 Å². The lowest BCUT2D eigenvalue weighted by Gasteiger charge is -2.19. The SMILES string of the molecule is C=CCOC(CCC(=O)C=[N+]=[N-])C(C)C. The van der Waals surface area contributed by atoms with Gasteiger partial charge in [-0.05, 0) is 12.3 Å². The summed E-state index contributed by atoms with van der Waals surface area (Å²) in [6.07, 6.45) is 3.62. The van der Waals surface area contributed by atoms with Crippen LogP contribution in [-0.2, 0) is 9.53 Å². The Morgan fingerprint density at radius 3 is 2.73 bits per heavy atom. The van der Waals surface area contributed by atoms with E-state index in [2.05, 4.69) is 11.4 Å². The van der Waals surface area contributed by atoms with Gasteiger partial charge >= 0.3 is 6.21 Å². The maximum atomic E-state index is 11.1. The number of hydrogen-bond acceptors (Lipinski definition) is 2. The van der Waals surface area contributed by atoms with Gasteiger partial charge < -0.3 is 10.3 Å². The van der Waals surface area contributed by atoms with Crippen LogP contribution in [0.2, 0.25) is 0 Å². The van der Waals surface area contributed by atoms with Gasteiger partial charge in [0.1, 0.15) is 0 Å². The molecule has 0 saturated carbocycles. The second kappa shape index (κ2) is 8.09. The average molecular weight is 210 g/mol. The zero-order valence-corrected chi connectivity index (χ0v) is 9.35. The van der Waals surface area contributed by atoms with Crippen LogP contribution in [0.25, 0.3) is 5.53 Å². The summed E-state index contributed by atoms with van der Waals surface area (Å²) in [4.78, 5) is 13.7. The molecule has 0 aromatic carbocycles. The Morgan fingerprint density at radius 1 is 1.60 bits per heavy atom. The first-order chi connectivity index (χ1) is 7.11. The Morgan fingerprint density at radius 2 is 2.27 bits per heavy atom. The Hall–Kier alpha value is -1.25. The number of Topliss-reactive ketones (excluding diaryl/α,β-unsaturated/α-hetero) is 1. The molecule has 4 nitrogen and oxygen atoms in total. The highest BCUT2D eigenvalue weighted by atomic mass is 16.5. The molecule has 0 saturated heterocycles. The van der Waals surface area contributed by atoms with Gasteiger partial charge in [-0.25, -0.2) is 0 Å². The number of ether oxygens (including phenoxy) is 1. The van der Waals surface area contributed by atoms with Crippen LogP contribution >= 0.6 is 0 Å².